The lowest BCUT2D eigenvalue weighted by atomic mass is 10.1. The molecule has 0 aliphatic carbocycles. The Bertz CT molecular complexity index is 988. The van der Waals surface area contributed by atoms with E-state index in [9.17, 15) is 28.1 Å². The highest BCUT2D eigenvalue weighted by atomic mass is 32.2. The molecule has 0 aliphatic heterocycles. The van der Waals surface area contributed by atoms with E-state index in [4.69, 9.17) is 0 Å². The molecule has 0 saturated carbocycles. The third kappa shape index (κ3) is 4.29. The zero-order valence-electron chi connectivity index (χ0n) is 14.5. The molecule has 9 nitrogen and oxygen atoms in total. The summed E-state index contributed by atoms with van der Waals surface area (Å²) in [6.45, 7) is 0. The van der Waals surface area contributed by atoms with Crippen LogP contribution in [0.2, 0.25) is 0 Å². The van der Waals surface area contributed by atoms with Gasteiger partial charge in [0.1, 0.15) is 0 Å². The molecule has 0 saturated heterocycles. The molecule has 10 heteroatoms. The van der Waals surface area contributed by atoms with Crippen molar-refractivity contribution in [3.63, 3.8) is 0 Å². The Balaban J connectivity index is 2.44. The van der Waals surface area contributed by atoms with Crippen LogP contribution in [0.4, 0.5) is 11.4 Å². The highest BCUT2D eigenvalue weighted by Gasteiger charge is 2.27. The van der Waals surface area contributed by atoms with Gasteiger partial charge in [-0.2, -0.15) is 0 Å². The predicted octanol–water partition coefficient (Wildman–Crippen LogP) is 1.70. The van der Waals surface area contributed by atoms with Crippen LogP contribution in [0.15, 0.2) is 53.4 Å². The number of benzene rings is 2. The minimum atomic E-state index is -4.06. The molecule has 0 aliphatic rings. The quantitative estimate of drug-likeness (QED) is 0.304. The number of anilines is 1. The number of hydrogen-bond acceptors (Lipinski definition) is 7. The van der Waals surface area contributed by atoms with E-state index in [0.717, 1.165) is 29.6 Å². The van der Waals surface area contributed by atoms with Gasteiger partial charge in [-0.15, -0.1) is 0 Å². The van der Waals surface area contributed by atoms with Gasteiger partial charge in [0.25, 0.3) is 15.7 Å². The van der Waals surface area contributed by atoms with Crippen molar-refractivity contribution in [1.82, 2.24) is 0 Å². The summed E-state index contributed by atoms with van der Waals surface area (Å²) in [6, 6.07) is 11.4. The molecule has 0 fully saturated rings. The van der Waals surface area contributed by atoms with Gasteiger partial charge in [0.2, 0.25) is 5.78 Å². The van der Waals surface area contributed by atoms with Gasteiger partial charge in [-0.05, 0) is 18.2 Å². The molecule has 0 N–H and O–H groups in total. The van der Waals surface area contributed by atoms with Crippen LogP contribution in [0.25, 0.3) is 0 Å². The summed E-state index contributed by atoms with van der Waals surface area (Å²) in [6.07, 6.45) is -0.572. The van der Waals surface area contributed by atoms with Crippen LogP contribution in [-0.4, -0.2) is 39.3 Å². The van der Waals surface area contributed by atoms with E-state index in [2.05, 4.69) is 4.74 Å². The largest absolute Gasteiger partial charge is 0.463 e. The number of ketones is 1. The third-order valence-corrected chi connectivity index (χ3v) is 5.58. The first-order valence-electron chi connectivity index (χ1n) is 7.61. The first-order valence-corrected chi connectivity index (χ1v) is 9.05. The molecule has 0 aromatic heterocycles. The van der Waals surface area contributed by atoms with Crippen LogP contribution in [0.5, 0.6) is 0 Å². The number of Topliss-reactive ketones (excluding diaryl/α,β-unsaturated/α-hetero) is 1. The molecule has 27 heavy (non-hydrogen) atoms. The molecular weight excluding hydrogens is 376 g/mol. The smallest absolute Gasteiger partial charge is 0.374 e. The Kier molecular flexibility index (Phi) is 5.91. The number of nitro benzene ring substituents is 1. The number of para-hydroxylation sites is 1. The van der Waals surface area contributed by atoms with Crippen molar-refractivity contribution >= 4 is 33.2 Å². The standard InChI is InChI=1S/C17H16N2O7S/c1-18(13-6-4-3-5-7-13)27(24,25)14-9-8-12(15(11-14)19(22)23)10-16(20)17(21)26-2/h3-9,11H,10H2,1-2H3. The SMILES string of the molecule is COC(=O)C(=O)Cc1ccc(S(=O)(=O)N(C)c2ccccc2)cc1[N+](=O)[O-]. The molecule has 0 heterocycles. The second kappa shape index (κ2) is 7.96. The fraction of sp³-hybridized carbons (Fsp3) is 0.176. The highest BCUT2D eigenvalue weighted by Crippen LogP contribution is 2.27. The van der Waals surface area contributed by atoms with Crippen LogP contribution >= 0.6 is 0 Å². The van der Waals surface area contributed by atoms with Gasteiger partial charge in [0, 0.05) is 25.1 Å². The van der Waals surface area contributed by atoms with E-state index >= 15 is 0 Å². The normalized spacial score (nSPS) is 10.9. The fourth-order valence-electron chi connectivity index (χ4n) is 2.32. The van der Waals surface area contributed by atoms with Gasteiger partial charge in [-0.1, -0.05) is 24.3 Å². The van der Waals surface area contributed by atoms with Gasteiger partial charge in [-0.3, -0.25) is 19.2 Å². The second-order valence-corrected chi connectivity index (χ2v) is 7.42. The Labute approximate surface area is 155 Å². The van der Waals surface area contributed by atoms with E-state index in [1.54, 1.807) is 30.3 Å². The number of nitro groups is 1. The van der Waals surface area contributed by atoms with Crippen LogP contribution in [0.3, 0.4) is 0 Å². The van der Waals surface area contributed by atoms with E-state index < -0.39 is 38.8 Å². The Morgan fingerprint density at radius 2 is 1.78 bits per heavy atom. The average molecular weight is 392 g/mol. The molecule has 2 aromatic carbocycles. The lowest BCUT2D eigenvalue weighted by molar-refractivity contribution is -0.385. The maximum Gasteiger partial charge on any atom is 0.374 e. The van der Waals surface area contributed by atoms with Crippen LogP contribution < -0.4 is 4.31 Å². The molecular formula is C17H16N2O7S. The molecule has 0 unspecified atom stereocenters. The predicted molar refractivity (Wildman–Crippen MR) is 95.9 cm³/mol. The Morgan fingerprint density at radius 3 is 2.33 bits per heavy atom. The lowest BCUT2D eigenvalue weighted by Crippen LogP contribution is -2.26. The van der Waals surface area contributed by atoms with Crippen LogP contribution in [0, 0.1) is 10.1 Å². The molecule has 0 spiro atoms. The summed E-state index contributed by atoms with van der Waals surface area (Å²) < 4.78 is 30.8. The number of rotatable bonds is 7. The summed E-state index contributed by atoms with van der Waals surface area (Å²) in [5.41, 5.74) is -0.281. The molecule has 142 valence electrons. The van der Waals surface area contributed by atoms with Gasteiger partial charge >= 0.3 is 5.97 Å². The molecule has 0 radical (unpaired) electrons. The van der Waals surface area contributed by atoms with Crippen molar-refractivity contribution in [3.05, 3.63) is 64.2 Å². The molecule has 0 atom stereocenters. The number of carbonyl (C=O) groups excluding carboxylic acids is 2. The minimum absolute atomic E-state index is 0.0864. The summed E-state index contributed by atoms with van der Waals surface area (Å²) in [4.78, 5) is 33.1. The van der Waals surface area contributed by atoms with Gasteiger partial charge in [0.15, 0.2) is 0 Å². The molecule has 0 amide bonds. The first-order chi connectivity index (χ1) is 12.7. The molecule has 2 aromatic rings. The van der Waals surface area contributed by atoms with E-state index in [-0.39, 0.29) is 10.5 Å². The van der Waals surface area contributed by atoms with Crippen molar-refractivity contribution in [3.8, 4) is 0 Å². The van der Waals surface area contributed by atoms with Gasteiger partial charge in [0.05, 0.1) is 22.6 Å². The molecule has 2 rings (SSSR count). The van der Waals surface area contributed by atoms with Gasteiger partial charge in [-0.25, -0.2) is 13.2 Å². The number of carbonyl (C=O) groups is 2. The Hall–Kier alpha value is -3.27. The zero-order valence-corrected chi connectivity index (χ0v) is 15.3. The number of nitrogens with zero attached hydrogens (tertiary/aromatic N) is 2. The second-order valence-electron chi connectivity index (χ2n) is 5.45. The summed E-state index contributed by atoms with van der Waals surface area (Å²) in [5, 5.41) is 11.3. The first kappa shape index (κ1) is 20.0. The third-order valence-electron chi connectivity index (χ3n) is 3.80. The maximum absolute atomic E-state index is 12.8. The van der Waals surface area contributed by atoms with E-state index in [1.807, 2.05) is 0 Å². The van der Waals surface area contributed by atoms with Crippen molar-refractivity contribution in [1.29, 1.82) is 0 Å². The number of esters is 1. The van der Waals surface area contributed by atoms with E-state index in [1.165, 1.54) is 7.05 Å². The van der Waals surface area contributed by atoms with Crippen molar-refractivity contribution in [2.45, 2.75) is 11.3 Å². The summed E-state index contributed by atoms with van der Waals surface area (Å²) in [7, 11) is -1.72. The topological polar surface area (TPSA) is 124 Å². The van der Waals surface area contributed by atoms with Crippen LogP contribution in [-0.2, 0) is 30.8 Å². The highest BCUT2D eigenvalue weighted by molar-refractivity contribution is 7.92. The average Bonchev–Trinajstić information content (AvgIpc) is 2.67. The number of sulfonamides is 1. The lowest BCUT2D eigenvalue weighted by Gasteiger charge is -2.19. The number of methoxy groups -OCH3 is 1. The fourth-order valence-corrected chi connectivity index (χ4v) is 3.53. The van der Waals surface area contributed by atoms with E-state index in [0.29, 0.717) is 5.69 Å². The zero-order chi connectivity index (χ0) is 20.2. The van der Waals surface area contributed by atoms with Crippen LogP contribution in [0.1, 0.15) is 5.56 Å². The number of hydrogen-bond donors (Lipinski definition) is 0. The minimum Gasteiger partial charge on any atom is -0.463 e. The van der Waals surface area contributed by atoms with Crippen molar-refractivity contribution in [2.75, 3.05) is 18.5 Å². The monoisotopic (exact) mass is 392 g/mol. The Morgan fingerprint density at radius 1 is 1.15 bits per heavy atom. The summed E-state index contributed by atoms with van der Waals surface area (Å²) in [5.74, 6) is -2.11. The van der Waals surface area contributed by atoms with Gasteiger partial charge < -0.3 is 4.74 Å². The molecule has 0 bridgehead atoms. The van der Waals surface area contributed by atoms with Crippen molar-refractivity contribution < 1.29 is 27.7 Å². The number of ether oxygens (including phenoxy) is 1. The summed E-state index contributed by atoms with van der Waals surface area (Å²) >= 11 is 0. The van der Waals surface area contributed by atoms with Crippen molar-refractivity contribution in [2.24, 2.45) is 0 Å². The maximum atomic E-state index is 12.8.